The number of nitrogens with zero attached hydrogens (tertiary/aromatic N) is 1. The van der Waals surface area contributed by atoms with Gasteiger partial charge in [0.25, 0.3) is 5.91 Å². The van der Waals surface area contributed by atoms with E-state index >= 15 is 0 Å². The number of carbonyl (C=O) groups is 2. The van der Waals surface area contributed by atoms with Gasteiger partial charge in [-0.15, -0.1) is 0 Å². The molecule has 0 saturated heterocycles. The fourth-order valence-corrected chi connectivity index (χ4v) is 2.65. The Labute approximate surface area is 157 Å². The maximum Gasteiger partial charge on any atom is 0.341 e. The first-order chi connectivity index (χ1) is 11.3. The van der Waals surface area contributed by atoms with Crippen LogP contribution in [0.4, 0.5) is 0 Å². The lowest BCUT2D eigenvalue weighted by Gasteiger charge is -2.08. The Morgan fingerprint density at radius 3 is 2.50 bits per heavy atom. The van der Waals surface area contributed by atoms with E-state index in [1.807, 2.05) is 0 Å². The van der Waals surface area contributed by atoms with Crippen LogP contribution in [0.1, 0.15) is 32.4 Å². The zero-order valence-corrected chi connectivity index (χ0v) is 15.4. The van der Waals surface area contributed by atoms with Gasteiger partial charge in [-0.2, -0.15) is 0 Å². The number of hydrogen-bond donors (Lipinski definition) is 1. The molecule has 128 valence electrons. The number of hydrogen-bond acceptors (Lipinski definition) is 5. The van der Waals surface area contributed by atoms with Crippen molar-refractivity contribution < 1.29 is 18.7 Å². The first-order valence-corrected chi connectivity index (χ1v) is 7.93. The SMILES string of the molecule is COC(=O)c1cc(CNC(=O)c2nc(Cl)c(Cl)c(Cl)c2Cl)oc1C. The maximum atomic E-state index is 12.2. The van der Waals surface area contributed by atoms with E-state index in [-0.39, 0.29) is 38.0 Å². The standard InChI is InChI=1S/C14H10Cl4N2O4/c1-5-7(14(22)23-2)3-6(24-5)4-19-13(21)11-9(16)8(15)10(17)12(18)20-11/h3H,4H2,1-2H3,(H,19,21). The molecule has 2 rings (SSSR count). The Balaban J connectivity index is 2.16. The lowest BCUT2D eigenvalue weighted by molar-refractivity contribution is 0.0598. The normalized spacial score (nSPS) is 10.6. The summed E-state index contributed by atoms with van der Waals surface area (Å²) in [6, 6.07) is 1.47. The van der Waals surface area contributed by atoms with E-state index in [4.69, 9.17) is 50.8 Å². The zero-order chi connectivity index (χ0) is 18.0. The van der Waals surface area contributed by atoms with Crippen LogP contribution in [-0.4, -0.2) is 24.0 Å². The summed E-state index contributed by atoms with van der Waals surface area (Å²) >= 11 is 23.4. The van der Waals surface area contributed by atoms with Crippen molar-refractivity contribution >= 4 is 58.3 Å². The van der Waals surface area contributed by atoms with Gasteiger partial charge >= 0.3 is 5.97 Å². The molecular weight excluding hydrogens is 402 g/mol. The molecule has 2 heterocycles. The van der Waals surface area contributed by atoms with Gasteiger partial charge in [0.05, 0.1) is 28.7 Å². The van der Waals surface area contributed by atoms with Crippen molar-refractivity contribution in [3.05, 3.63) is 49.1 Å². The first-order valence-electron chi connectivity index (χ1n) is 6.42. The number of pyridine rings is 1. The zero-order valence-electron chi connectivity index (χ0n) is 12.4. The summed E-state index contributed by atoms with van der Waals surface area (Å²) in [6.45, 7) is 1.60. The Kier molecular flexibility index (Phi) is 5.98. The van der Waals surface area contributed by atoms with Crippen LogP contribution in [0.2, 0.25) is 20.2 Å². The fourth-order valence-electron chi connectivity index (χ4n) is 1.83. The summed E-state index contributed by atoms with van der Waals surface area (Å²) in [5, 5.41) is 2.18. The molecular formula is C14H10Cl4N2O4. The molecule has 24 heavy (non-hydrogen) atoms. The number of aryl methyl sites for hydroxylation is 1. The predicted octanol–water partition coefficient (Wildman–Crippen LogP) is 4.31. The number of aromatic nitrogens is 1. The molecule has 1 N–H and O–H groups in total. The molecule has 0 aromatic carbocycles. The lowest BCUT2D eigenvalue weighted by Crippen LogP contribution is -2.24. The number of ether oxygens (including phenoxy) is 1. The highest BCUT2D eigenvalue weighted by Gasteiger charge is 2.21. The Morgan fingerprint density at radius 1 is 1.21 bits per heavy atom. The van der Waals surface area contributed by atoms with E-state index in [0.29, 0.717) is 11.5 Å². The second-order valence-electron chi connectivity index (χ2n) is 4.55. The third-order valence-corrected chi connectivity index (χ3v) is 4.67. The van der Waals surface area contributed by atoms with Crippen LogP contribution in [0.25, 0.3) is 0 Å². The lowest BCUT2D eigenvalue weighted by atomic mass is 10.2. The van der Waals surface area contributed by atoms with Crippen LogP contribution >= 0.6 is 46.4 Å². The van der Waals surface area contributed by atoms with Gasteiger partial charge in [0, 0.05) is 0 Å². The first kappa shape index (κ1) is 18.9. The Hall–Kier alpha value is -1.47. The van der Waals surface area contributed by atoms with Crippen LogP contribution in [0.15, 0.2) is 10.5 Å². The van der Waals surface area contributed by atoms with Crippen molar-refractivity contribution in [3.8, 4) is 0 Å². The van der Waals surface area contributed by atoms with Crippen molar-refractivity contribution in [3.63, 3.8) is 0 Å². The third-order valence-electron chi connectivity index (χ3n) is 3.00. The molecule has 2 aromatic heterocycles. The highest BCUT2D eigenvalue weighted by molar-refractivity contribution is 6.52. The van der Waals surface area contributed by atoms with E-state index in [1.165, 1.54) is 13.2 Å². The van der Waals surface area contributed by atoms with Crippen molar-refractivity contribution in [1.82, 2.24) is 10.3 Å². The van der Waals surface area contributed by atoms with Gasteiger partial charge in [-0.25, -0.2) is 9.78 Å². The number of halogens is 4. The van der Waals surface area contributed by atoms with E-state index in [1.54, 1.807) is 6.92 Å². The molecule has 1 amide bonds. The average Bonchev–Trinajstić information content (AvgIpc) is 2.94. The summed E-state index contributed by atoms with van der Waals surface area (Å²) in [4.78, 5) is 27.5. The van der Waals surface area contributed by atoms with Gasteiger partial charge in [-0.3, -0.25) is 4.79 Å². The molecule has 6 nitrogen and oxygen atoms in total. The number of nitrogens with one attached hydrogen (secondary N) is 1. The van der Waals surface area contributed by atoms with Crippen LogP contribution in [0.3, 0.4) is 0 Å². The van der Waals surface area contributed by atoms with Gasteiger partial charge in [0.1, 0.15) is 27.9 Å². The average molecular weight is 412 g/mol. The fraction of sp³-hybridized carbons (Fsp3) is 0.214. The molecule has 0 bridgehead atoms. The van der Waals surface area contributed by atoms with Gasteiger partial charge in [0.2, 0.25) is 0 Å². The van der Waals surface area contributed by atoms with Gasteiger partial charge < -0.3 is 14.5 Å². The van der Waals surface area contributed by atoms with E-state index in [9.17, 15) is 9.59 Å². The minimum absolute atomic E-state index is 0.00740. The van der Waals surface area contributed by atoms with Crippen LogP contribution < -0.4 is 5.32 Å². The summed E-state index contributed by atoms with van der Waals surface area (Å²) in [5.74, 6) is -0.438. The van der Waals surface area contributed by atoms with Crippen molar-refractivity contribution in [2.24, 2.45) is 0 Å². The van der Waals surface area contributed by atoms with E-state index in [2.05, 4.69) is 15.0 Å². The number of methoxy groups -OCH3 is 1. The molecule has 0 unspecified atom stereocenters. The number of furan rings is 1. The number of rotatable bonds is 4. The molecule has 0 saturated carbocycles. The molecule has 2 aromatic rings. The molecule has 0 aliphatic heterocycles. The highest BCUT2D eigenvalue weighted by Crippen LogP contribution is 2.36. The topological polar surface area (TPSA) is 81.4 Å². The van der Waals surface area contributed by atoms with Crippen LogP contribution in [-0.2, 0) is 11.3 Å². The smallest absolute Gasteiger partial charge is 0.341 e. The van der Waals surface area contributed by atoms with Crippen LogP contribution in [0.5, 0.6) is 0 Å². The van der Waals surface area contributed by atoms with Crippen molar-refractivity contribution in [2.75, 3.05) is 7.11 Å². The van der Waals surface area contributed by atoms with E-state index < -0.39 is 11.9 Å². The summed E-state index contributed by atoms with van der Waals surface area (Å²) in [5.41, 5.74) is 0.100. The molecule has 0 atom stereocenters. The van der Waals surface area contributed by atoms with Gasteiger partial charge in [-0.05, 0) is 13.0 Å². The van der Waals surface area contributed by atoms with Gasteiger partial charge in [0.15, 0.2) is 0 Å². The monoisotopic (exact) mass is 410 g/mol. The van der Waals surface area contributed by atoms with Gasteiger partial charge in [-0.1, -0.05) is 46.4 Å². The molecule has 0 radical (unpaired) electrons. The second kappa shape index (κ2) is 7.61. The second-order valence-corrected chi connectivity index (χ2v) is 6.04. The van der Waals surface area contributed by atoms with Crippen LogP contribution in [0, 0.1) is 6.92 Å². The molecule has 0 aliphatic carbocycles. The Morgan fingerprint density at radius 2 is 1.88 bits per heavy atom. The molecule has 0 spiro atoms. The minimum atomic E-state index is -0.630. The summed E-state index contributed by atoms with van der Waals surface area (Å²) in [6.07, 6.45) is 0. The maximum absolute atomic E-state index is 12.2. The largest absolute Gasteiger partial charge is 0.465 e. The third kappa shape index (κ3) is 3.78. The summed E-state index contributed by atoms with van der Waals surface area (Å²) < 4.78 is 10.0. The Bertz CT molecular complexity index is 820. The quantitative estimate of drug-likeness (QED) is 0.598. The number of esters is 1. The molecule has 0 aliphatic rings. The number of amides is 1. The number of carbonyl (C=O) groups excluding carboxylic acids is 2. The molecule has 10 heteroatoms. The highest BCUT2D eigenvalue weighted by atomic mass is 35.5. The summed E-state index contributed by atoms with van der Waals surface area (Å²) in [7, 11) is 1.26. The predicted molar refractivity (Wildman–Crippen MR) is 90.2 cm³/mol. The van der Waals surface area contributed by atoms with Crippen molar-refractivity contribution in [1.29, 1.82) is 0 Å². The minimum Gasteiger partial charge on any atom is -0.465 e. The van der Waals surface area contributed by atoms with Crippen molar-refractivity contribution in [2.45, 2.75) is 13.5 Å². The molecule has 0 fully saturated rings. The van der Waals surface area contributed by atoms with E-state index in [0.717, 1.165) is 0 Å².